The van der Waals surface area contributed by atoms with Gasteiger partial charge in [0, 0.05) is 11.1 Å². The molecule has 1 N–H and O–H groups in total. The highest BCUT2D eigenvalue weighted by Gasteiger charge is 2.05. The number of aromatic nitrogens is 1. The van der Waals surface area contributed by atoms with E-state index >= 15 is 0 Å². The Morgan fingerprint density at radius 2 is 1.90 bits per heavy atom. The number of carbonyl (C=O) groups excluding carboxylic acids is 1. The Labute approximate surface area is 127 Å². The quantitative estimate of drug-likeness (QED) is 0.853. The zero-order valence-electron chi connectivity index (χ0n) is 12.1. The number of benzene rings is 1. The largest absolute Gasteiger partial charge is 0.494 e. The van der Waals surface area contributed by atoms with Gasteiger partial charge in [0.05, 0.1) is 19.6 Å². The Bertz CT molecular complexity index is 581. The fourth-order valence-corrected chi connectivity index (χ4v) is 2.34. The van der Waals surface area contributed by atoms with Crippen LogP contribution in [0, 0.1) is 6.92 Å². The number of nitrogens with zero attached hydrogens (tertiary/aromatic N) is 1. The number of carbonyl (C=O) groups is 1. The van der Waals surface area contributed by atoms with Crippen molar-refractivity contribution in [3.8, 4) is 11.5 Å². The van der Waals surface area contributed by atoms with Crippen LogP contribution >= 0.6 is 11.3 Å². The van der Waals surface area contributed by atoms with Gasteiger partial charge in [0.15, 0.2) is 5.13 Å². The second kappa shape index (κ2) is 7.64. The van der Waals surface area contributed by atoms with E-state index in [-0.39, 0.29) is 12.3 Å². The van der Waals surface area contributed by atoms with Crippen molar-refractivity contribution < 1.29 is 14.3 Å². The molecule has 112 valence electrons. The van der Waals surface area contributed by atoms with Crippen molar-refractivity contribution in [2.24, 2.45) is 0 Å². The molecule has 1 aromatic heterocycles. The van der Waals surface area contributed by atoms with E-state index in [0.29, 0.717) is 18.3 Å². The normalized spacial score (nSPS) is 10.2. The first-order chi connectivity index (χ1) is 10.2. The molecule has 21 heavy (non-hydrogen) atoms. The van der Waals surface area contributed by atoms with Gasteiger partial charge in [-0.15, -0.1) is 11.3 Å². The lowest BCUT2D eigenvalue weighted by atomic mass is 10.3. The van der Waals surface area contributed by atoms with Crippen LogP contribution in [0.25, 0.3) is 0 Å². The maximum Gasteiger partial charge on any atom is 0.229 e. The summed E-state index contributed by atoms with van der Waals surface area (Å²) in [5, 5.41) is 3.37. The van der Waals surface area contributed by atoms with Crippen LogP contribution < -0.4 is 14.8 Å². The first-order valence-corrected chi connectivity index (χ1v) is 7.57. The van der Waals surface area contributed by atoms with E-state index in [1.165, 1.54) is 11.3 Å². The highest BCUT2D eigenvalue weighted by Crippen LogP contribution is 2.18. The molecular formula is C15H18N2O3S. The van der Waals surface area contributed by atoms with Crippen LogP contribution in [0.3, 0.4) is 0 Å². The van der Waals surface area contributed by atoms with Gasteiger partial charge < -0.3 is 14.8 Å². The molecule has 0 saturated carbocycles. The first-order valence-electron chi connectivity index (χ1n) is 6.75. The topological polar surface area (TPSA) is 60.5 Å². The Hall–Kier alpha value is -2.08. The lowest BCUT2D eigenvalue weighted by Gasteiger charge is -2.07. The summed E-state index contributed by atoms with van der Waals surface area (Å²) in [4.78, 5) is 16.9. The van der Waals surface area contributed by atoms with E-state index in [2.05, 4.69) is 10.3 Å². The molecule has 1 amide bonds. The summed E-state index contributed by atoms with van der Waals surface area (Å²) in [7, 11) is 0. The summed E-state index contributed by atoms with van der Waals surface area (Å²) in [5.41, 5.74) is 0. The van der Waals surface area contributed by atoms with Gasteiger partial charge in [-0.1, -0.05) is 0 Å². The summed E-state index contributed by atoms with van der Waals surface area (Å²) in [6.07, 6.45) is 2.02. The molecule has 0 atom stereocenters. The van der Waals surface area contributed by atoms with Crippen LogP contribution in [0.4, 0.5) is 5.13 Å². The van der Waals surface area contributed by atoms with Crippen LogP contribution in [0.15, 0.2) is 30.5 Å². The third-order valence-electron chi connectivity index (χ3n) is 2.60. The van der Waals surface area contributed by atoms with Crippen molar-refractivity contribution >= 4 is 22.4 Å². The van der Waals surface area contributed by atoms with Crippen LogP contribution in [-0.4, -0.2) is 24.1 Å². The minimum absolute atomic E-state index is 0.102. The average Bonchev–Trinajstić information content (AvgIpc) is 2.86. The van der Waals surface area contributed by atoms with Crippen molar-refractivity contribution in [3.63, 3.8) is 0 Å². The lowest BCUT2D eigenvalue weighted by molar-refractivity contribution is -0.116. The van der Waals surface area contributed by atoms with Gasteiger partial charge in [0.2, 0.25) is 5.91 Å². The van der Waals surface area contributed by atoms with Crippen molar-refractivity contribution in [1.82, 2.24) is 4.98 Å². The number of amides is 1. The maximum absolute atomic E-state index is 11.7. The van der Waals surface area contributed by atoms with Crippen molar-refractivity contribution in [3.05, 3.63) is 35.3 Å². The zero-order chi connectivity index (χ0) is 15.1. The molecule has 0 radical (unpaired) electrons. The fourth-order valence-electron chi connectivity index (χ4n) is 1.65. The molecule has 0 spiro atoms. The molecule has 2 aromatic rings. The fraction of sp³-hybridized carbons (Fsp3) is 0.333. The first kappa shape index (κ1) is 15.3. The zero-order valence-corrected chi connectivity index (χ0v) is 12.9. The van der Waals surface area contributed by atoms with Gasteiger partial charge in [0.1, 0.15) is 11.5 Å². The lowest BCUT2D eigenvalue weighted by Crippen LogP contribution is -2.14. The van der Waals surface area contributed by atoms with Crippen molar-refractivity contribution in [1.29, 1.82) is 0 Å². The number of thiazole rings is 1. The Balaban J connectivity index is 1.72. The second-order valence-corrected chi connectivity index (χ2v) is 5.56. The van der Waals surface area contributed by atoms with E-state index in [1.54, 1.807) is 6.20 Å². The highest BCUT2D eigenvalue weighted by atomic mass is 32.1. The molecule has 0 aliphatic rings. The van der Waals surface area contributed by atoms with E-state index in [9.17, 15) is 4.79 Å². The molecule has 0 bridgehead atoms. The average molecular weight is 306 g/mol. The number of hydrogen-bond donors (Lipinski definition) is 1. The number of hydrogen-bond acceptors (Lipinski definition) is 5. The third kappa shape index (κ3) is 5.07. The molecule has 0 unspecified atom stereocenters. The minimum Gasteiger partial charge on any atom is -0.494 e. The highest BCUT2D eigenvalue weighted by molar-refractivity contribution is 7.15. The van der Waals surface area contributed by atoms with Gasteiger partial charge >= 0.3 is 0 Å². The predicted octanol–water partition coefficient (Wildman–Crippen LogP) is 3.26. The Morgan fingerprint density at radius 3 is 2.48 bits per heavy atom. The molecule has 2 rings (SSSR count). The smallest absolute Gasteiger partial charge is 0.229 e. The third-order valence-corrected chi connectivity index (χ3v) is 3.43. The number of anilines is 1. The monoisotopic (exact) mass is 306 g/mol. The van der Waals surface area contributed by atoms with Gasteiger partial charge in [-0.3, -0.25) is 4.79 Å². The van der Waals surface area contributed by atoms with Gasteiger partial charge in [-0.25, -0.2) is 4.98 Å². The minimum atomic E-state index is -0.102. The Morgan fingerprint density at radius 1 is 1.24 bits per heavy atom. The second-order valence-electron chi connectivity index (χ2n) is 4.33. The van der Waals surface area contributed by atoms with Crippen molar-refractivity contribution in [2.75, 3.05) is 18.5 Å². The van der Waals surface area contributed by atoms with Crippen LogP contribution in [-0.2, 0) is 4.79 Å². The Kier molecular flexibility index (Phi) is 5.57. The summed E-state index contributed by atoms with van der Waals surface area (Å²) in [6, 6.07) is 7.34. The van der Waals surface area contributed by atoms with Crippen LogP contribution in [0.1, 0.15) is 18.2 Å². The molecule has 0 aliphatic heterocycles. The van der Waals surface area contributed by atoms with Crippen LogP contribution in [0.5, 0.6) is 11.5 Å². The molecular weight excluding hydrogens is 288 g/mol. The predicted molar refractivity (Wildman–Crippen MR) is 83.2 cm³/mol. The molecule has 0 fully saturated rings. The van der Waals surface area contributed by atoms with E-state index in [1.807, 2.05) is 38.1 Å². The standard InChI is InChI=1S/C15H18N2O3S/c1-3-19-12-4-6-13(7-5-12)20-9-8-14(18)17-15-16-10-11(2)21-15/h4-7,10H,3,8-9H2,1-2H3,(H,16,17,18). The number of aryl methyl sites for hydroxylation is 1. The molecule has 1 aromatic carbocycles. The SMILES string of the molecule is CCOc1ccc(OCCC(=O)Nc2ncc(C)s2)cc1. The van der Waals surface area contributed by atoms with Crippen molar-refractivity contribution in [2.45, 2.75) is 20.3 Å². The van der Waals surface area contributed by atoms with E-state index < -0.39 is 0 Å². The number of ether oxygens (including phenoxy) is 2. The van der Waals surface area contributed by atoms with Gasteiger partial charge in [-0.05, 0) is 38.1 Å². The van der Waals surface area contributed by atoms with Gasteiger partial charge in [-0.2, -0.15) is 0 Å². The molecule has 0 saturated heterocycles. The van der Waals surface area contributed by atoms with E-state index in [4.69, 9.17) is 9.47 Å². The van der Waals surface area contributed by atoms with Gasteiger partial charge in [0.25, 0.3) is 0 Å². The molecule has 6 heteroatoms. The number of rotatable bonds is 7. The molecule has 1 heterocycles. The summed E-state index contributed by atoms with van der Waals surface area (Å²) >= 11 is 1.45. The number of nitrogens with one attached hydrogen (secondary N) is 1. The summed E-state index contributed by atoms with van der Waals surface area (Å²) in [6.45, 7) is 4.84. The van der Waals surface area contributed by atoms with Crippen LogP contribution in [0.2, 0.25) is 0 Å². The molecule has 0 aliphatic carbocycles. The summed E-state index contributed by atoms with van der Waals surface area (Å²) < 4.78 is 10.9. The molecule has 5 nitrogen and oxygen atoms in total. The maximum atomic E-state index is 11.7. The van der Waals surface area contributed by atoms with E-state index in [0.717, 1.165) is 16.4 Å². The summed E-state index contributed by atoms with van der Waals surface area (Å²) in [5.74, 6) is 1.42.